The van der Waals surface area contributed by atoms with Crippen molar-refractivity contribution in [2.45, 2.75) is 25.8 Å². The first-order chi connectivity index (χ1) is 7.14. The molecule has 0 heterocycles. The molecule has 0 aliphatic carbocycles. The van der Waals surface area contributed by atoms with E-state index in [9.17, 15) is 4.79 Å². The molecule has 0 radical (unpaired) electrons. The Balaban J connectivity index is 3.85. The van der Waals surface area contributed by atoms with Crippen LogP contribution in [0.25, 0.3) is 0 Å². The summed E-state index contributed by atoms with van der Waals surface area (Å²) < 4.78 is 15.7. The van der Waals surface area contributed by atoms with Crippen molar-refractivity contribution in [2.24, 2.45) is 0 Å². The third-order valence-electron chi connectivity index (χ3n) is 2.06. The molecule has 0 saturated heterocycles. The van der Waals surface area contributed by atoms with Gasteiger partial charge in [-0.3, -0.25) is 4.79 Å². The van der Waals surface area contributed by atoms with Crippen molar-refractivity contribution in [2.75, 3.05) is 27.1 Å². The van der Waals surface area contributed by atoms with E-state index >= 15 is 0 Å². The van der Waals surface area contributed by atoms with Crippen LogP contribution in [-0.4, -0.2) is 41.0 Å². The summed E-state index contributed by atoms with van der Waals surface area (Å²) >= 11 is 1.33. The Bertz CT molecular complexity index is 177. The Labute approximate surface area is 97.0 Å². The first-order valence-electron chi connectivity index (χ1n) is 4.95. The summed E-state index contributed by atoms with van der Waals surface area (Å²) in [4.78, 5) is 11.2. The lowest BCUT2D eigenvalue weighted by molar-refractivity contribution is -0.111. The summed E-state index contributed by atoms with van der Waals surface area (Å²) in [6, 6.07) is 0.663. The van der Waals surface area contributed by atoms with Crippen molar-refractivity contribution in [1.29, 1.82) is 0 Å². The molecule has 0 aliphatic heterocycles. The fourth-order valence-corrected chi connectivity index (χ4v) is 4.22. The summed E-state index contributed by atoms with van der Waals surface area (Å²) in [5.41, 5.74) is 0. The summed E-state index contributed by atoms with van der Waals surface area (Å²) in [6.45, 7) is 2.00. The minimum atomic E-state index is -2.48. The van der Waals surface area contributed by atoms with Gasteiger partial charge in [-0.1, -0.05) is 18.7 Å². The van der Waals surface area contributed by atoms with Gasteiger partial charge in [-0.25, -0.2) is 0 Å². The van der Waals surface area contributed by atoms with Crippen LogP contribution in [0.5, 0.6) is 0 Å². The van der Waals surface area contributed by atoms with Gasteiger partial charge in [-0.05, 0) is 6.42 Å². The normalized spacial score (nSPS) is 11.7. The lowest BCUT2D eigenvalue weighted by Crippen LogP contribution is -2.43. The number of carbonyl (C=O) groups excluding carboxylic acids is 1. The molecular weight excluding hydrogens is 232 g/mol. The standard InChI is InChI=1S/C9H20O4SSi/c1-5-6-9(10)14-7-8-15(11-2,12-3)13-4/h5-8H2,1-4H3. The number of carbonyl (C=O) groups is 1. The zero-order valence-corrected chi connectivity index (χ0v) is 11.7. The van der Waals surface area contributed by atoms with Crippen LogP contribution >= 0.6 is 11.8 Å². The number of hydrogen-bond donors (Lipinski definition) is 0. The molecule has 0 spiro atoms. The van der Waals surface area contributed by atoms with E-state index in [1.165, 1.54) is 11.8 Å². The van der Waals surface area contributed by atoms with Gasteiger partial charge in [0.05, 0.1) is 0 Å². The molecule has 0 unspecified atom stereocenters. The molecule has 0 amide bonds. The summed E-state index contributed by atoms with van der Waals surface area (Å²) in [7, 11) is 2.26. The van der Waals surface area contributed by atoms with Crippen LogP contribution in [0.4, 0.5) is 0 Å². The van der Waals surface area contributed by atoms with Crippen molar-refractivity contribution >= 4 is 25.7 Å². The van der Waals surface area contributed by atoms with Crippen molar-refractivity contribution in [3.63, 3.8) is 0 Å². The highest BCUT2D eigenvalue weighted by Crippen LogP contribution is 2.18. The zero-order valence-electron chi connectivity index (χ0n) is 9.87. The maximum Gasteiger partial charge on any atom is 0.500 e. The third-order valence-corrected chi connectivity index (χ3v) is 6.08. The SMILES string of the molecule is CCCC(=O)SCC[Si](OC)(OC)OC. The molecule has 0 fully saturated rings. The van der Waals surface area contributed by atoms with Crippen LogP contribution in [-0.2, 0) is 18.1 Å². The van der Waals surface area contributed by atoms with E-state index in [-0.39, 0.29) is 5.12 Å². The highest BCUT2D eigenvalue weighted by atomic mass is 32.2. The molecule has 0 saturated carbocycles. The summed E-state index contributed by atoms with van der Waals surface area (Å²) in [5.74, 6) is 0.695. The van der Waals surface area contributed by atoms with E-state index in [2.05, 4.69) is 0 Å². The number of thioether (sulfide) groups is 1. The van der Waals surface area contributed by atoms with Crippen molar-refractivity contribution in [3.8, 4) is 0 Å². The van der Waals surface area contributed by atoms with Gasteiger partial charge in [0.15, 0.2) is 5.12 Å². The van der Waals surface area contributed by atoms with E-state index < -0.39 is 8.80 Å². The highest BCUT2D eigenvalue weighted by Gasteiger charge is 2.37. The van der Waals surface area contributed by atoms with Gasteiger partial charge in [0.25, 0.3) is 0 Å². The van der Waals surface area contributed by atoms with Crippen LogP contribution in [0.1, 0.15) is 19.8 Å². The molecule has 0 aromatic carbocycles. The fraction of sp³-hybridized carbons (Fsp3) is 0.889. The molecule has 0 aromatic rings. The molecule has 0 aliphatic rings. The lowest BCUT2D eigenvalue weighted by atomic mass is 10.4. The van der Waals surface area contributed by atoms with Crippen LogP contribution in [0, 0.1) is 0 Å². The van der Waals surface area contributed by atoms with E-state index in [0.29, 0.717) is 18.2 Å². The predicted octanol–water partition coefficient (Wildman–Crippen LogP) is 1.92. The molecule has 0 atom stereocenters. The Kier molecular flexibility index (Phi) is 8.35. The van der Waals surface area contributed by atoms with Gasteiger partial charge in [-0.15, -0.1) is 0 Å². The molecule has 0 rings (SSSR count). The Morgan fingerprint density at radius 2 is 1.73 bits per heavy atom. The highest BCUT2D eigenvalue weighted by molar-refractivity contribution is 8.13. The molecule has 90 valence electrons. The molecular formula is C9H20O4SSi. The van der Waals surface area contributed by atoms with Gasteiger partial charge >= 0.3 is 8.80 Å². The molecule has 4 nitrogen and oxygen atoms in total. The monoisotopic (exact) mass is 252 g/mol. The van der Waals surface area contributed by atoms with Crippen molar-refractivity contribution in [1.82, 2.24) is 0 Å². The van der Waals surface area contributed by atoms with Gasteiger partial charge < -0.3 is 13.3 Å². The molecule has 0 aromatic heterocycles. The summed E-state index contributed by atoms with van der Waals surface area (Å²) in [6.07, 6.45) is 1.53. The van der Waals surface area contributed by atoms with Gasteiger partial charge in [0.1, 0.15) is 0 Å². The second kappa shape index (κ2) is 8.29. The maximum atomic E-state index is 11.2. The van der Waals surface area contributed by atoms with Gasteiger partial charge in [0.2, 0.25) is 0 Å². The smallest absolute Gasteiger partial charge is 0.377 e. The average Bonchev–Trinajstić information content (AvgIpc) is 2.25. The second-order valence-electron chi connectivity index (χ2n) is 3.02. The van der Waals surface area contributed by atoms with Crippen LogP contribution in [0.15, 0.2) is 0 Å². The largest absolute Gasteiger partial charge is 0.500 e. The van der Waals surface area contributed by atoms with Crippen molar-refractivity contribution < 1.29 is 18.1 Å². The minimum absolute atomic E-state index is 0.226. The van der Waals surface area contributed by atoms with E-state index in [1.54, 1.807) is 21.3 Å². The number of rotatable bonds is 8. The van der Waals surface area contributed by atoms with Gasteiger partial charge in [-0.2, -0.15) is 0 Å². The minimum Gasteiger partial charge on any atom is -0.377 e. The second-order valence-corrected chi connectivity index (χ2v) is 7.26. The average molecular weight is 252 g/mol. The van der Waals surface area contributed by atoms with Gasteiger partial charge in [0, 0.05) is 39.5 Å². The predicted molar refractivity (Wildman–Crippen MR) is 64.0 cm³/mol. The molecule has 6 heteroatoms. The first-order valence-corrected chi connectivity index (χ1v) is 7.87. The van der Waals surface area contributed by atoms with E-state index in [0.717, 1.165) is 6.42 Å². The maximum absolute atomic E-state index is 11.2. The molecule has 0 N–H and O–H groups in total. The van der Waals surface area contributed by atoms with E-state index in [4.69, 9.17) is 13.3 Å². The first kappa shape index (κ1) is 15.1. The Hall–Kier alpha value is 0.117. The van der Waals surface area contributed by atoms with Crippen LogP contribution in [0.2, 0.25) is 6.04 Å². The Morgan fingerprint density at radius 3 is 2.13 bits per heavy atom. The summed E-state index contributed by atoms with van der Waals surface area (Å²) in [5, 5.41) is 0.226. The molecule has 15 heavy (non-hydrogen) atoms. The molecule has 0 bridgehead atoms. The third kappa shape index (κ3) is 5.67. The quantitative estimate of drug-likeness (QED) is 0.618. The lowest BCUT2D eigenvalue weighted by Gasteiger charge is -2.23. The Morgan fingerprint density at radius 1 is 1.20 bits per heavy atom. The van der Waals surface area contributed by atoms with E-state index in [1.807, 2.05) is 6.92 Å². The van der Waals surface area contributed by atoms with Crippen molar-refractivity contribution in [3.05, 3.63) is 0 Å². The fourth-order valence-electron chi connectivity index (χ4n) is 1.12. The van der Waals surface area contributed by atoms with Crippen LogP contribution < -0.4 is 0 Å². The van der Waals surface area contributed by atoms with Crippen LogP contribution in [0.3, 0.4) is 0 Å². The number of hydrogen-bond acceptors (Lipinski definition) is 5. The zero-order chi connectivity index (χ0) is 11.7. The topological polar surface area (TPSA) is 44.8 Å².